The second-order valence-corrected chi connectivity index (χ2v) is 4.32. The zero-order valence-corrected chi connectivity index (χ0v) is 12.2. The van der Waals surface area contributed by atoms with Crippen molar-refractivity contribution in [1.82, 2.24) is 5.32 Å². The molecule has 1 amide bonds. The Morgan fingerprint density at radius 1 is 1.48 bits per heavy atom. The number of ether oxygens (including phenoxy) is 2. The fraction of sp³-hybridized carbons (Fsp3) is 0.462. The van der Waals surface area contributed by atoms with Gasteiger partial charge in [0.05, 0.1) is 24.7 Å². The predicted molar refractivity (Wildman–Crippen MR) is 76.8 cm³/mol. The number of nitrogens with two attached hydrogens (primary N) is 1. The number of benzene rings is 1. The summed E-state index contributed by atoms with van der Waals surface area (Å²) >= 11 is 0. The number of nitro benzene ring substituents is 1. The molecule has 8 nitrogen and oxygen atoms in total. The molecule has 0 aliphatic rings. The van der Waals surface area contributed by atoms with Gasteiger partial charge in [0.1, 0.15) is 5.56 Å². The molecule has 3 N–H and O–H groups in total. The van der Waals surface area contributed by atoms with Crippen molar-refractivity contribution in [2.24, 2.45) is 5.73 Å². The molecule has 116 valence electrons. The second-order valence-electron chi connectivity index (χ2n) is 4.32. The maximum atomic E-state index is 12.1. The SMILES string of the molecule is CCOc1cc(C(=O)N[C@@H](C)CN)c([N+](=O)[O-])cc1OC. The van der Waals surface area contributed by atoms with Gasteiger partial charge in [-0.3, -0.25) is 14.9 Å². The minimum Gasteiger partial charge on any atom is -0.493 e. The van der Waals surface area contributed by atoms with Crippen molar-refractivity contribution in [1.29, 1.82) is 0 Å². The Kier molecular flexibility index (Phi) is 5.92. The van der Waals surface area contributed by atoms with E-state index in [1.54, 1.807) is 13.8 Å². The van der Waals surface area contributed by atoms with E-state index >= 15 is 0 Å². The van der Waals surface area contributed by atoms with Crippen molar-refractivity contribution >= 4 is 11.6 Å². The first kappa shape index (κ1) is 16.7. The molecule has 0 aliphatic heterocycles. The van der Waals surface area contributed by atoms with Crippen molar-refractivity contribution in [2.45, 2.75) is 19.9 Å². The normalized spacial score (nSPS) is 11.6. The average molecular weight is 297 g/mol. The summed E-state index contributed by atoms with van der Waals surface area (Å²) in [5.41, 5.74) is 4.98. The van der Waals surface area contributed by atoms with Crippen LogP contribution in [-0.4, -0.2) is 37.1 Å². The number of carbonyl (C=O) groups excluding carboxylic acids is 1. The first-order valence-corrected chi connectivity index (χ1v) is 6.44. The van der Waals surface area contributed by atoms with Crippen LogP contribution in [0, 0.1) is 10.1 Å². The standard InChI is InChI=1S/C13H19N3O5/c1-4-21-12-5-9(13(17)15-8(2)7-14)10(16(18)19)6-11(12)20-3/h5-6,8H,4,7,14H2,1-3H3,(H,15,17)/t8-/m0/s1. The fourth-order valence-corrected chi connectivity index (χ4v) is 1.67. The fourth-order valence-electron chi connectivity index (χ4n) is 1.67. The predicted octanol–water partition coefficient (Wildman–Crippen LogP) is 1.08. The van der Waals surface area contributed by atoms with Gasteiger partial charge in [0.15, 0.2) is 11.5 Å². The highest BCUT2D eigenvalue weighted by Crippen LogP contribution is 2.34. The lowest BCUT2D eigenvalue weighted by Gasteiger charge is -2.14. The molecule has 1 rings (SSSR count). The minimum atomic E-state index is -0.639. The topological polar surface area (TPSA) is 117 Å². The first-order valence-electron chi connectivity index (χ1n) is 6.44. The Morgan fingerprint density at radius 2 is 2.14 bits per heavy atom. The molecule has 21 heavy (non-hydrogen) atoms. The van der Waals surface area contributed by atoms with Crippen LogP contribution in [0.25, 0.3) is 0 Å². The average Bonchev–Trinajstić information content (AvgIpc) is 2.46. The lowest BCUT2D eigenvalue weighted by atomic mass is 10.1. The second kappa shape index (κ2) is 7.44. The molecule has 0 aliphatic carbocycles. The van der Waals surface area contributed by atoms with Crippen LogP contribution in [-0.2, 0) is 0 Å². The van der Waals surface area contributed by atoms with E-state index in [0.29, 0.717) is 6.61 Å². The van der Waals surface area contributed by atoms with E-state index in [-0.39, 0.29) is 35.3 Å². The summed E-state index contributed by atoms with van der Waals surface area (Å²) < 4.78 is 10.4. The number of nitro groups is 1. The molecule has 8 heteroatoms. The van der Waals surface area contributed by atoms with Crippen LogP contribution in [0.2, 0.25) is 0 Å². The molecule has 0 saturated heterocycles. The number of rotatable bonds is 7. The highest BCUT2D eigenvalue weighted by molar-refractivity contribution is 5.99. The quantitative estimate of drug-likeness (QED) is 0.574. The third kappa shape index (κ3) is 4.06. The van der Waals surface area contributed by atoms with Crippen molar-refractivity contribution in [3.05, 3.63) is 27.8 Å². The van der Waals surface area contributed by atoms with Crippen molar-refractivity contribution < 1.29 is 19.2 Å². The highest BCUT2D eigenvalue weighted by Gasteiger charge is 2.25. The van der Waals surface area contributed by atoms with Gasteiger partial charge in [-0.2, -0.15) is 0 Å². The van der Waals surface area contributed by atoms with Gasteiger partial charge < -0.3 is 20.5 Å². The number of nitrogens with one attached hydrogen (secondary N) is 1. The molecular formula is C13H19N3O5. The van der Waals surface area contributed by atoms with E-state index in [9.17, 15) is 14.9 Å². The molecule has 0 spiro atoms. The molecule has 0 unspecified atom stereocenters. The Labute approximate surface area is 122 Å². The van der Waals surface area contributed by atoms with Crippen molar-refractivity contribution in [3.63, 3.8) is 0 Å². The highest BCUT2D eigenvalue weighted by atomic mass is 16.6. The molecule has 0 heterocycles. The van der Waals surface area contributed by atoms with Crippen LogP contribution < -0.4 is 20.5 Å². The zero-order valence-electron chi connectivity index (χ0n) is 12.2. The van der Waals surface area contributed by atoms with Gasteiger partial charge >= 0.3 is 0 Å². The molecule has 0 radical (unpaired) electrons. The van der Waals surface area contributed by atoms with Crippen LogP contribution in [0.5, 0.6) is 11.5 Å². The molecule has 0 bridgehead atoms. The number of hydrogen-bond acceptors (Lipinski definition) is 6. The zero-order chi connectivity index (χ0) is 16.0. The minimum absolute atomic E-state index is 0.0930. The monoisotopic (exact) mass is 297 g/mol. The Hall–Kier alpha value is -2.35. The van der Waals surface area contributed by atoms with Gasteiger partial charge in [-0.25, -0.2) is 0 Å². The largest absolute Gasteiger partial charge is 0.493 e. The van der Waals surface area contributed by atoms with Crippen LogP contribution in [0.3, 0.4) is 0 Å². The number of methoxy groups -OCH3 is 1. The summed E-state index contributed by atoms with van der Waals surface area (Å²) in [7, 11) is 1.37. The smallest absolute Gasteiger partial charge is 0.286 e. The van der Waals surface area contributed by atoms with Gasteiger partial charge in [-0.15, -0.1) is 0 Å². The maximum Gasteiger partial charge on any atom is 0.286 e. The van der Waals surface area contributed by atoms with Crippen molar-refractivity contribution in [2.75, 3.05) is 20.3 Å². The van der Waals surface area contributed by atoms with Gasteiger partial charge in [-0.1, -0.05) is 0 Å². The number of hydrogen-bond donors (Lipinski definition) is 2. The third-order valence-corrected chi connectivity index (χ3v) is 2.75. The van der Waals surface area contributed by atoms with E-state index in [4.69, 9.17) is 15.2 Å². The summed E-state index contributed by atoms with van der Waals surface area (Å²) in [6.07, 6.45) is 0. The molecular weight excluding hydrogens is 278 g/mol. The van der Waals surface area contributed by atoms with Gasteiger partial charge in [0, 0.05) is 18.7 Å². The molecule has 0 saturated carbocycles. The van der Waals surface area contributed by atoms with Gasteiger partial charge in [0.25, 0.3) is 11.6 Å². The van der Waals surface area contributed by atoms with Crippen LogP contribution in [0.4, 0.5) is 5.69 Å². The van der Waals surface area contributed by atoms with Crippen LogP contribution >= 0.6 is 0 Å². The molecule has 1 aromatic rings. The number of amides is 1. The summed E-state index contributed by atoms with van der Waals surface area (Å²) in [4.78, 5) is 22.6. The lowest BCUT2D eigenvalue weighted by Crippen LogP contribution is -2.38. The first-order chi connectivity index (χ1) is 9.94. The van der Waals surface area contributed by atoms with Gasteiger partial charge in [0.2, 0.25) is 0 Å². The van der Waals surface area contributed by atoms with Crippen LogP contribution in [0.1, 0.15) is 24.2 Å². The Morgan fingerprint density at radius 3 is 2.62 bits per heavy atom. The summed E-state index contributed by atoms with van der Waals surface area (Å²) in [6.45, 7) is 4.04. The molecule has 1 atom stereocenters. The van der Waals surface area contributed by atoms with E-state index < -0.39 is 10.8 Å². The maximum absolute atomic E-state index is 12.1. The molecule has 0 aromatic heterocycles. The van der Waals surface area contributed by atoms with E-state index in [0.717, 1.165) is 0 Å². The lowest BCUT2D eigenvalue weighted by molar-refractivity contribution is -0.385. The van der Waals surface area contributed by atoms with E-state index in [1.165, 1.54) is 19.2 Å². The molecule has 0 fully saturated rings. The van der Waals surface area contributed by atoms with E-state index in [2.05, 4.69) is 5.32 Å². The Balaban J connectivity index is 3.29. The van der Waals surface area contributed by atoms with E-state index in [1.807, 2.05) is 0 Å². The number of carbonyl (C=O) groups is 1. The van der Waals surface area contributed by atoms with Crippen LogP contribution in [0.15, 0.2) is 12.1 Å². The van der Waals surface area contributed by atoms with Gasteiger partial charge in [-0.05, 0) is 13.8 Å². The summed E-state index contributed by atoms with van der Waals surface area (Å²) in [6, 6.07) is 2.18. The Bertz CT molecular complexity index is 533. The number of nitrogens with zero attached hydrogens (tertiary/aromatic N) is 1. The summed E-state index contributed by atoms with van der Waals surface area (Å²) in [5, 5.41) is 13.7. The van der Waals surface area contributed by atoms with Crippen molar-refractivity contribution in [3.8, 4) is 11.5 Å². The molecule has 1 aromatic carbocycles. The summed E-state index contributed by atoms with van der Waals surface area (Å²) in [5.74, 6) is -0.105. The third-order valence-electron chi connectivity index (χ3n) is 2.75.